The molecule has 3 atom stereocenters. The van der Waals surface area contributed by atoms with E-state index in [1.54, 1.807) is 18.2 Å². The fourth-order valence-corrected chi connectivity index (χ4v) is 2.67. The predicted molar refractivity (Wildman–Crippen MR) is 98.1 cm³/mol. The molecule has 140 valence electrons. The average molecular weight is 350 g/mol. The van der Waals surface area contributed by atoms with Gasteiger partial charge in [-0.15, -0.1) is 0 Å². The van der Waals surface area contributed by atoms with Crippen molar-refractivity contribution in [2.45, 2.75) is 70.2 Å². The van der Waals surface area contributed by atoms with Crippen LogP contribution in [0.2, 0.25) is 0 Å². The number of aliphatic hydroxyl groups excluding tert-OH is 3. The zero-order valence-corrected chi connectivity index (χ0v) is 14.8. The highest BCUT2D eigenvalue weighted by Gasteiger charge is 2.14. The van der Waals surface area contributed by atoms with Crippen molar-refractivity contribution in [3.05, 3.63) is 41.5 Å². The summed E-state index contributed by atoms with van der Waals surface area (Å²) < 4.78 is 0. The second kappa shape index (κ2) is 11.8. The van der Waals surface area contributed by atoms with Gasteiger partial charge in [0.15, 0.2) is 0 Å². The number of unbranched alkanes of at least 4 members (excludes halogenated alkanes) is 2. The lowest BCUT2D eigenvalue weighted by molar-refractivity contribution is -0.137. The maximum atomic E-state index is 10.6. The van der Waals surface area contributed by atoms with E-state index in [9.17, 15) is 20.1 Å². The molecule has 0 spiro atoms. The second-order valence-corrected chi connectivity index (χ2v) is 6.34. The first-order valence-corrected chi connectivity index (χ1v) is 8.98. The number of carboxylic acid groups (broad SMARTS) is 1. The summed E-state index contributed by atoms with van der Waals surface area (Å²) in [6, 6.07) is 7.25. The normalized spacial score (nSPS) is 15.2. The fourth-order valence-electron chi connectivity index (χ4n) is 2.67. The quantitative estimate of drug-likeness (QED) is 0.434. The summed E-state index contributed by atoms with van der Waals surface area (Å²) in [6.07, 6.45) is 5.04. The number of hydrogen-bond acceptors (Lipinski definition) is 4. The van der Waals surface area contributed by atoms with Crippen molar-refractivity contribution in [1.82, 2.24) is 0 Å². The number of benzene rings is 1. The summed E-state index contributed by atoms with van der Waals surface area (Å²) in [5, 5.41) is 39.0. The minimum atomic E-state index is -0.950. The molecule has 0 saturated carbocycles. The fraction of sp³-hybridized carbons (Fsp3) is 0.550. The lowest BCUT2D eigenvalue weighted by Crippen LogP contribution is -2.23. The van der Waals surface area contributed by atoms with Crippen molar-refractivity contribution < 1.29 is 25.2 Å². The van der Waals surface area contributed by atoms with Crippen molar-refractivity contribution in [2.75, 3.05) is 0 Å². The summed E-state index contributed by atoms with van der Waals surface area (Å²) in [5.41, 5.74) is 1.45. The maximum absolute atomic E-state index is 10.6. The molecule has 0 aliphatic carbocycles. The smallest absolute Gasteiger partial charge is 0.303 e. The van der Waals surface area contributed by atoms with Gasteiger partial charge in [-0.3, -0.25) is 4.79 Å². The van der Waals surface area contributed by atoms with Gasteiger partial charge in [-0.05, 0) is 30.4 Å². The van der Waals surface area contributed by atoms with Crippen molar-refractivity contribution >= 4 is 12.0 Å². The third kappa shape index (κ3) is 8.29. The van der Waals surface area contributed by atoms with Gasteiger partial charge in [-0.2, -0.15) is 0 Å². The molecule has 5 nitrogen and oxygen atoms in total. The van der Waals surface area contributed by atoms with E-state index >= 15 is 0 Å². The van der Waals surface area contributed by atoms with Crippen LogP contribution in [0.4, 0.5) is 0 Å². The Hall–Kier alpha value is -1.69. The first-order valence-electron chi connectivity index (χ1n) is 8.98. The van der Waals surface area contributed by atoms with Gasteiger partial charge in [0.25, 0.3) is 0 Å². The van der Waals surface area contributed by atoms with Gasteiger partial charge < -0.3 is 20.4 Å². The number of hydrogen-bond donors (Lipinski definition) is 4. The summed E-state index contributed by atoms with van der Waals surface area (Å²) in [7, 11) is 0. The zero-order chi connectivity index (χ0) is 18.7. The zero-order valence-electron chi connectivity index (χ0n) is 14.8. The minimum absolute atomic E-state index is 0.0255. The van der Waals surface area contributed by atoms with Crippen molar-refractivity contribution in [3.8, 4) is 0 Å². The summed E-state index contributed by atoms with van der Waals surface area (Å²) in [6.45, 7) is 2.08. The highest BCUT2D eigenvalue weighted by molar-refractivity contribution is 5.66. The van der Waals surface area contributed by atoms with Gasteiger partial charge in [-0.1, -0.05) is 62.6 Å². The van der Waals surface area contributed by atoms with Crippen LogP contribution in [-0.4, -0.2) is 38.6 Å². The Balaban J connectivity index is 2.67. The molecule has 0 bridgehead atoms. The molecule has 25 heavy (non-hydrogen) atoms. The van der Waals surface area contributed by atoms with Gasteiger partial charge in [-0.25, -0.2) is 0 Å². The van der Waals surface area contributed by atoms with Gasteiger partial charge in [0.1, 0.15) is 0 Å². The molecule has 0 aromatic heterocycles. The van der Waals surface area contributed by atoms with Crippen LogP contribution in [0, 0.1) is 0 Å². The van der Waals surface area contributed by atoms with E-state index in [0.717, 1.165) is 24.8 Å². The minimum Gasteiger partial charge on any atom is -0.481 e. The molecule has 1 aromatic rings. The van der Waals surface area contributed by atoms with E-state index in [1.807, 2.05) is 18.2 Å². The van der Waals surface area contributed by atoms with Gasteiger partial charge in [0, 0.05) is 6.42 Å². The molecule has 1 rings (SSSR count). The molecule has 0 saturated heterocycles. The number of carboxylic acids is 1. The van der Waals surface area contributed by atoms with Gasteiger partial charge >= 0.3 is 5.97 Å². The molecule has 1 aromatic carbocycles. The molecule has 0 aliphatic heterocycles. The molecule has 0 unspecified atom stereocenters. The van der Waals surface area contributed by atoms with Crippen LogP contribution >= 0.6 is 0 Å². The standard InChI is InChI=1S/C20H30O5/c1-2-3-4-10-18(22)19(23)14-13-15-8-5-6-9-16(15)17(21)11-7-12-20(24)25/h5-6,8-9,13-14,17-19,21-23H,2-4,7,10-12H2,1H3,(H,24,25)/b14-13+/t17-,18-,19+/m0/s1. The first-order chi connectivity index (χ1) is 12.0. The molecule has 0 fully saturated rings. The van der Waals surface area contributed by atoms with Crippen LogP contribution in [0.15, 0.2) is 30.3 Å². The number of carbonyl (C=O) groups is 1. The predicted octanol–water partition coefficient (Wildman–Crippen LogP) is 3.29. The van der Waals surface area contributed by atoms with E-state index in [2.05, 4.69) is 6.92 Å². The van der Waals surface area contributed by atoms with E-state index in [1.165, 1.54) is 0 Å². The van der Waals surface area contributed by atoms with Crippen molar-refractivity contribution in [3.63, 3.8) is 0 Å². The number of rotatable bonds is 12. The molecular formula is C20H30O5. The first kappa shape index (κ1) is 21.4. The lowest BCUT2D eigenvalue weighted by Gasteiger charge is -2.16. The van der Waals surface area contributed by atoms with E-state index in [4.69, 9.17) is 5.11 Å². The van der Waals surface area contributed by atoms with E-state index in [-0.39, 0.29) is 6.42 Å². The molecule has 0 heterocycles. The number of aliphatic hydroxyl groups is 3. The Morgan fingerprint density at radius 2 is 1.80 bits per heavy atom. The van der Waals surface area contributed by atoms with Crippen LogP contribution in [0.1, 0.15) is 69.1 Å². The van der Waals surface area contributed by atoms with Crippen molar-refractivity contribution in [2.24, 2.45) is 0 Å². The van der Waals surface area contributed by atoms with Crippen LogP contribution in [-0.2, 0) is 4.79 Å². The summed E-state index contributed by atoms with van der Waals surface area (Å²) in [4.78, 5) is 10.6. The molecule has 0 radical (unpaired) electrons. The second-order valence-electron chi connectivity index (χ2n) is 6.34. The highest BCUT2D eigenvalue weighted by Crippen LogP contribution is 2.24. The van der Waals surface area contributed by atoms with Crippen LogP contribution < -0.4 is 0 Å². The van der Waals surface area contributed by atoms with Crippen molar-refractivity contribution in [1.29, 1.82) is 0 Å². The Labute approximate surface area is 149 Å². The third-order valence-corrected chi connectivity index (χ3v) is 4.19. The Morgan fingerprint density at radius 1 is 1.08 bits per heavy atom. The summed E-state index contributed by atoms with van der Waals surface area (Å²) in [5.74, 6) is -0.874. The molecule has 5 heteroatoms. The van der Waals surface area contributed by atoms with Gasteiger partial charge in [0.05, 0.1) is 18.3 Å². The number of aliphatic carboxylic acids is 1. The SMILES string of the molecule is CCCCC[C@H](O)[C@H](O)/C=C/c1ccccc1[C@@H](O)CCCC(=O)O. The monoisotopic (exact) mass is 350 g/mol. The summed E-state index contributed by atoms with van der Waals surface area (Å²) >= 11 is 0. The van der Waals surface area contributed by atoms with E-state index < -0.39 is 24.3 Å². The Bertz CT molecular complexity index is 541. The highest BCUT2D eigenvalue weighted by atomic mass is 16.4. The molecule has 0 aliphatic rings. The molecule has 0 amide bonds. The Kier molecular flexibility index (Phi) is 10.1. The Morgan fingerprint density at radius 3 is 2.48 bits per heavy atom. The van der Waals surface area contributed by atoms with Crippen LogP contribution in [0.5, 0.6) is 0 Å². The average Bonchev–Trinajstić information content (AvgIpc) is 2.59. The largest absolute Gasteiger partial charge is 0.481 e. The third-order valence-electron chi connectivity index (χ3n) is 4.19. The van der Waals surface area contributed by atoms with Gasteiger partial charge in [0.2, 0.25) is 0 Å². The lowest BCUT2D eigenvalue weighted by atomic mass is 9.97. The van der Waals surface area contributed by atoms with E-state index in [0.29, 0.717) is 24.8 Å². The molecule has 4 N–H and O–H groups in total. The van der Waals surface area contributed by atoms with Crippen LogP contribution in [0.25, 0.3) is 6.08 Å². The maximum Gasteiger partial charge on any atom is 0.303 e. The molecular weight excluding hydrogens is 320 g/mol. The topological polar surface area (TPSA) is 98.0 Å². The van der Waals surface area contributed by atoms with Crippen LogP contribution in [0.3, 0.4) is 0 Å².